The first-order valence-electron chi connectivity index (χ1n) is 7.77. The van der Waals surface area contributed by atoms with Crippen molar-refractivity contribution in [2.45, 2.75) is 19.4 Å². The third-order valence-electron chi connectivity index (χ3n) is 4.04. The SMILES string of the molecule is COc1ccc(C2OCCc3cc(OC)c(OC(C)=O)cc32)cc1. The number of benzene rings is 2. The van der Waals surface area contributed by atoms with Crippen LogP contribution in [-0.2, 0) is 16.0 Å². The molecule has 0 aromatic heterocycles. The van der Waals surface area contributed by atoms with Gasteiger partial charge in [0.05, 0.1) is 20.8 Å². The number of hydrogen-bond acceptors (Lipinski definition) is 5. The zero-order valence-electron chi connectivity index (χ0n) is 14.0. The summed E-state index contributed by atoms with van der Waals surface area (Å²) >= 11 is 0. The zero-order chi connectivity index (χ0) is 17.1. The van der Waals surface area contributed by atoms with Gasteiger partial charge in [-0.1, -0.05) is 12.1 Å². The molecule has 0 saturated heterocycles. The molecular formula is C19H20O5. The van der Waals surface area contributed by atoms with Crippen LogP contribution in [0.1, 0.15) is 29.7 Å². The van der Waals surface area contributed by atoms with Gasteiger partial charge in [0.2, 0.25) is 0 Å². The molecule has 0 spiro atoms. The van der Waals surface area contributed by atoms with Gasteiger partial charge in [0.25, 0.3) is 0 Å². The van der Waals surface area contributed by atoms with Gasteiger partial charge in [-0.3, -0.25) is 4.79 Å². The van der Waals surface area contributed by atoms with Gasteiger partial charge in [0.1, 0.15) is 11.9 Å². The molecule has 126 valence electrons. The maximum atomic E-state index is 11.3. The van der Waals surface area contributed by atoms with Gasteiger partial charge < -0.3 is 18.9 Å². The Hall–Kier alpha value is -2.53. The number of rotatable bonds is 4. The number of hydrogen-bond donors (Lipinski definition) is 0. The van der Waals surface area contributed by atoms with Crippen LogP contribution >= 0.6 is 0 Å². The van der Waals surface area contributed by atoms with Crippen LogP contribution in [0.25, 0.3) is 0 Å². The molecule has 1 aliphatic heterocycles. The van der Waals surface area contributed by atoms with E-state index in [0.29, 0.717) is 18.1 Å². The van der Waals surface area contributed by atoms with Gasteiger partial charge in [-0.25, -0.2) is 0 Å². The zero-order valence-corrected chi connectivity index (χ0v) is 14.0. The molecule has 3 rings (SSSR count). The number of fused-ring (bicyclic) bond motifs is 1. The van der Waals surface area contributed by atoms with E-state index in [1.807, 2.05) is 36.4 Å². The average molecular weight is 328 g/mol. The predicted octanol–water partition coefficient (Wildman–Crippen LogP) is 3.29. The second kappa shape index (κ2) is 6.93. The van der Waals surface area contributed by atoms with Crippen molar-refractivity contribution in [1.29, 1.82) is 0 Å². The molecule has 1 unspecified atom stereocenters. The van der Waals surface area contributed by atoms with Gasteiger partial charge in [0.15, 0.2) is 11.5 Å². The molecular weight excluding hydrogens is 308 g/mol. The molecule has 2 aromatic rings. The predicted molar refractivity (Wildman–Crippen MR) is 88.8 cm³/mol. The molecule has 1 atom stereocenters. The Morgan fingerprint density at radius 3 is 2.46 bits per heavy atom. The highest BCUT2D eigenvalue weighted by Gasteiger charge is 2.25. The monoisotopic (exact) mass is 328 g/mol. The fraction of sp³-hybridized carbons (Fsp3) is 0.316. The molecule has 24 heavy (non-hydrogen) atoms. The van der Waals surface area contributed by atoms with Gasteiger partial charge in [-0.05, 0) is 47.4 Å². The summed E-state index contributed by atoms with van der Waals surface area (Å²) in [5.41, 5.74) is 3.15. The van der Waals surface area contributed by atoms with E-state index in [-0.39, 0.29) is 12.1 Å². The fourth-order valence-electron chi connectivity index (χ4n) is 2.90. The van der Waals surface area contributed by atoms with Crippen molar-refractivity contribution < 1.29 is 23.7 Å². The van der Waals surface area contributed by atoms with Gasteiger partial charge >= 0.3 is 5.97 Å². The van der Waals surface area contributed by atoms with Crippen LogP contribution in [0.2, 0.25) is 0 Å². The van der Waals surface area contributed by atoms with Crippen LogP contribution in [0.3, 0.4) is 0 Å². The van der Waals surface area contributed by atoms with E-state index in [9.17, 15) is 4.79 Å². The van der Waals surface area contributed by atoms with Crippen LogP contribution in [0.15, 0.2) is 36.4 Å². The van der Waals surface area contributed by atoms with Crippen molar-refractivity contribution in [3.05, 3.63) is 53.1 Å². The van der Waals surface area contributed by atoms with Crippen LogP contribution in [0, 0.1) is 0 Å². The largest absolute Gasteiger partial charge is 0.497 e. The molecule has 2 aromatic carbocycles. The van der Waals surface area contributed by atoms with E-state index in [2.05, 4.69) is 0 Å². The molecule has 0 saturated carbocycles. The molecule has 0 N–H and O–H groups in total. The van der Waals surface area contributed by atoms with Crippen LogP contribution in [-0.4, -0.2) is 26.8 Å². The van der Waals surface area contributed by atoms with Gasteiger partial charge in [-0.15, -0.1) is 0 Å². The summed E-state index contributed by atoms with van der Waals surface area (Å²) in [5, 5.41) is 0. The van der Waals surface area contributed by atoms with E-state index < -0.39 is 0 Å². The summed E-state index contributed by atoms with van der Waals surface area (Å²) < 4.78 is 21.8. The van der Waals surface area contributed by atoms with Crippen molar-refractivity contribution in [2.75, 3.05) is 20.8 Å². The molecule has 0 aliphatic carbocycles. The quantitative estimate of drug-likeness (QED) is 0.637. The van der Waals surface area contributed by atoms with E-state index in [4.69, 9.17) is 18.9 Å². The first kappa shape index (κ1) is 16.3. The molecule has 1 aliphatic rings. The van der Waals surface area contributed by atoms with E-state index in [1.165, 1.54) is 6.92 Å². The Balaban J connectivity index is 2.02. The molecule has 1 heterocycles. The number of methoxy groups -OCH3 is 2. The number of carbonyl (C=O) groups excluding carboxylic acids is 1. The van der Waals surface area contributed by atoms with Crippen LogP contribution < -0.4 is 14.2 Å². The normalized spacial score (nSPS) is 16.2. The lowest BCUT2D eigenvalue weighted by Gasteiger charge is -2.27. The summed E-state index contributed by atoms with van der Waals surface area (Å²) in [5.74, 6) is 1.38. The summed E-state index contributed by atoms with van der Waals surface area (Å²) in [4.78, 5) is 11.3. The van der Waals surface area contributed by atoms with Gasteiger partial charge in [0, 0.05) is 6.92 Å². The highest BCUT2D eigenvalue weighted by Crippen LogP contribution is 2.40. The lowest BCUT2D eigenvalue weighted by molar-refractivity contribution is -0.132. The topological polar surface area (TPSA) is 54.0 Å². The minimum atomic E-state index is -0.383. The standard InChI is InChI=1S/C19H20O5/c1-12(20)24-18-11-16-14(10-17(18)22-3)8-9-23-19(16)13-4-6-15(21-2)7-5-13/h4-7,10-11,19H,8-9H2,1-3H3. The fourth-order valence-corrected chi connectivity index (χ4v) is 2.90. The van der Waals surface area contributed by atoms with Crippen molar-refractivity contribution >= 4 is 5.97 Å². The third-order valence-corrected chi connectivity index (χ3v) is 4.04. The van der Waals surface area contributed by atoms with E-state index >= 15 is 0 Å². The smallest absolute Gasteiger partial charge is 0.308 e. The number of carbonyl (C=O) groups is 1. The number of esters is 1. The Labute approximate surface area is 141 Å². The Bertz CT molecular complexity index is 736. The van der Waals surface area contributed by atoms with Gasteiger partial charge in [-0.2, -0.15) is 0 Å². The molecule has 5 heteroatoms. The van der Waals surface area contributed by atoms with Crippen LogP contribution in [0.5, 0.6) is 17.2 Å². The first-order valence-corrected chi connectivity index (χ1v) is 7.77. The second-order valence-electron chi connectivity index (χ2n) is 5.57. The lowest BCUT2D eigenvalue weighted by atomic mass is 9.92. The van der Waals surface area contributed by atoms with E-state index in [1.54, 1.807) is 14.2 Å². The summed E-state index contributed by atoms with van der Waals surface area (Å²) in [6, 6.07) is 11.5. The molecule has 0 amide bonds. The summed E-state index contributed by atoms with van der Waals surface area (Å²) in [6.45, 7) is 2.00. The van der Waals surface area contributed by atoms with Crippen molar-refractivity contribution in [3.8, 4) is 17.2 Å². The summed E-state index contributed by atoms with van der Waals surface area (Å²) in [6.07, 6.45) is 0.582. The van der Waals surface area contributed by atoms with Crippen molar-refractivity contribution in [2.24, 2.45) is 0 Å². The highest BCUT2D eigenvalue weighted by atomic mass is 16.6. The average Bonchev–Trinajstić information content (AvgIpc) is 2.60. The lowest BCUT2D eigenvalue weighted by Crippen LogP contribution is -2.18. The maximum Gasteiger partial charge on any atom is 0.308 e. The Kier molecular flexibility index (Phi) is 4.71. The molecule has 5 nitrogen and oxygen atoms in total. The molecule has 0 bridgehead atoms. The third kappa shape index (κ3) is 3.21. The van der Waals surface area contributed by atoms with Crippen molar-refractivity contribution in [3.63, 3.8) is 0 Å². The Morgan fingerprint density at radius 1 is 1.08 bits per heavy atom. The summed E-state index contributed by atoms with van der Waals surface area (Å²) in [7, 11) is 3.20. The molecule has 0 fully saturated rings. The van der Waals surface area contributed by atoms with Crippen LogP contribution in [0.4, 0.5) is 0 Å². The number of ether oxygens (including phenoxy) is 4. The van der Waals surface area contributed by atoms with Crippen molar-refractivity contribution in [1.82, 2.24) is 0 Å². The first-order chi connectivity index (χ1) is 11.6. The second-order valence-corrected chi connectivity index (χ2v) is 5.57. The molecule has 0 radical (unpaired) electrons. The van der Waals surface area contributed by atoms with E-state index in [0.717, 1.165) is 28.9 Å². The maximum absolute atomic E-state index is 11.3. The minimum Gasteiger partial charge on any atom is -0.497 e. The Morgan fingerprint density at radius 2 is 1.83 bits per heavy atom. The minimum absolute atomic E-state index is 0.208. The highest BCUT2D eigenvalue weighted by molar-refractivity contribution is 5.71.